The number of rotatable bonds is 6. The first kappa shape index (κ1) is 18.5. The molecule has 0 fully saturated rings. The van der Waals surface area contributed by atoms with Crippen molar-refractivity contribution in [3.05, 3.63) is 107 Å². The summed E-state index contributed by atoms with van der Waals surface area (Å²) in [5, 5.41) is 6.69. The van der Waals surface area contributed by atoms with Gasteiger partial charge in [0.2, 0.25) is 5.91 Å². The third kappa shape index (κ3) is 4.32. The van der Waals surface area contributed by atoms with Crippen molar-refractivity contribution < 1.29 is 4.79 Å². The first-order chi connectivity index (χ1) is 13.8. The van der Waals surface area contributed by atoms with Crippen LogP contribution in [0.1, 0.15) is 47.2 Å². The van der Waals surface area contributed by atoms with Crippen molar-refractivity contribution in [2.75, 3.05) is 6.54 Å². The fourth-order valence-electron chi connectivity index (χ4n) is 4.06. The molecule has 2 N–H and O–H groups in total. The van der Waals surface area contributed by atoms with E-state index in [0.29, 0.717) is 0 Å². The molecule has 0 aliphatic heterocycles. The predicted molar refractivity (Wildman–Crippen MR) is 113 cm³/mol. The lowest BCUT2D eigenvalue weighted by molar-refractivity contribution is -0.121. The van der Waals surface area contributed by atoms with Crippen molar-refractivity contribution in [1.82, 2.24) is 10.6 Å². The van der Waals surface area contributed by atoms with Crippen molar-refractivity contribution in [2.24, 2.45) is 0 Å². The quantitative estimate of drug-likeness (QED) is 0.668. The Labute approximate surface area is 166 Å². The van der Waals surface area contributed by atoms with Crippen molar-refractivity contribution in [3.63, 3.8) is 0 Å². The maximum Gasteiger partial charge on any atom is 0.234 e. The Balaban J connectivity index is 1.44. The summed E-state index contributed by atoms with van der Waals surface area (Å²) in [6.07, 6.45) is 3.22. The number of nitrogens with one attached hydrogen (secondary N) is 2. The number of benzene rings is 3. The molecular weight excluding hydrogens is 344 g/mol. The van der Waals surface area contributed by atoms with Gasteiger partial charge in [-0.25, -0.2) is 0 Å². The number of aryl methyl sites for hydroxylation is 1. The minimum absolute atomic E-state index is 0.00760. The second kappa shape index (κ2) is 8.85. The van der Waals surface area contributed by atoms with E-state index in [1.165, 1.54) is 11.1 Å². The van der Waals surface area contributed by atoms with Gasteiger partial charge in [-0.05, 0) is 41.5 Å². The molecule has 1 aliphatic carbocycles. The van der Waals surface area contributed by atoms with E-state index in [1.807, 2.05) is 36.4 Å². The van der Waals surface area contributed by atoms with E-state index in [-0.39, 0.29) is 24.5 Å². The highest BCUT2D eigenvalue weighted by atomic mass is 16.2. The van der Waals surface area contributed by atoms with Gasteiger partial charge in [-0.2, -0.15) is 0 Å². The van der Waals surface area contributed by atoms with Crippen LogP contribution in [0.15, 0.2) is 84.9 Å². The van der Waals surface area contributed by atoms with E-state index < -0.39 is 0 Å². The molecule has 0 unspecified atom stereocenters. The van der Waals surface area contributed by atoms with Crippen LogP contribution in [0.4, 0.5) is 0 Å². The van der Waals surface area contributed by atoms with Crippen molar-refractivity contribution >= 4 is 5.91 Å². The lowest BCUT2D eigenvalue weighted by Gasteiger charge is -2.27. The van der Waals surface area contributed by atoms with E-state index in [9.17, 15) is 4.79 Å². The topological polar surface area (TPSA) is 41.1 Å². The molecule has 0 heterocycles. The van der Waals surface area contributed by atoms with E-state index in [1.54, 1.807) is 0 Å². The SMILES string of the molecule is O=C(CNC(c1ccccc1)c1ccccc1)N[C@@H]1CCCc2ccccc21. The lowest BCUT2D eigenvalue weighted by Crippen LogP contribution is -2.39. The van der Waals surface area contributed by atoms with Gasteiger partial charge < -0.3 is 5.32 Å². The molecule has 0 radical (unpaired) electrons. The fraction of sp³-hybridized carbons (Fsp3) is 0.240. The van der Waals surface area contributed by atoms with Gasteiger partial charge in [-0.15, -0.1) is 0 Å². The summed E-state index contributed by atoms with van der Waals surface area (Å²) in [6.45, 7) is 0.285. The molecule has 3 nitrogen and oxygen atoms in total. The average Bonchev–Trinajstić information content (AvgIpc) is 2.76. The van der Waals surface area contributed by atoms with E-state index in [0.717, 1.165) is 30.4 Å². The van der Waals surface area contributed by atoms with Crippen LogP contribution in [-0.4, -0.2) is 12.5 Å². The number of fused-ring (bicyclic) bond motifs is 1. The highest BCUT2D eigenvalue weighted by Gasteiger charge is 2.22. The zero-order valence-corrected chi connectivity index (χ0v) is 16.0. The van der Waals surface area contributed by atoms with Crippen LogP contribution in [-0.2, 0) is 11.2 Å². The summed E-state index contributed by atoms with van der Waals surface area (Å²) >= 11 is 0. The van der Waals surface area contributed by atoms with Gasteiger partial charge in [0, 0.05) is 0 Å². The number of carbonyl (C=O) groups excluding carboxylic acids is 1. The molecule has 3 aromatic carbocycles. The molecule has 0 saturated carbocycles. The van der Waals surface area contributed by atoms with Crippen molar-refractivity contribution in [3.8, 4) is 0 Å². The molecule has 0 spiro atoms. The van der Waals surface area contributed by atoms with Crippen LogP contribution in [0.25, 0.3) is 0 Å². The highest BCUT2D eigenvalue weighted by molar-refractivity contribution is 5.78. The maximum atomic E-state index is 12.7. The Bertz CT molecular complexity index is 869. The van der Waals surface area contributed by atoms with Gasteiger partial charge in [0.1, 0.15) is 0 Å². The third-order valence-corrected chi connectivity index (χ3v) is 5.44. The first-order valence-corrected chi connectivity index (χ1v) is 10.0. The Morgan fingerprint density at radius 3 is 2.14 bits per heavy atom. The van der Waals surface area contributed by atoms with Crippen molar-refractivity contribution in [1.29, 1.82) is 0 Å². The minimum Gasteiger partial charge on any atom is -0.348 e. The summed E-state index contributed by atoms with van der Waals surface area (Å²) in [7, 11) is 0. The number of hydrogen-bond acceptors (Lipinski definition) is 2. The van der Waals surface area contributed by atoms with Crippen molar-refractivity contribution in [2.45, 2.75) is 31.3 Å². The molecule has 3 aromatic rings. The van der Waals surface area contributed by atoms with Crippen LogP contribution in [0.3, 0.4) is 0 Å². The second-order valence-electron chi connectivity index (χ2n) is 7.35. The van der Waals surface area contributed by atoms with Gasteiger partial charge in [0.25, 0.3) is 0 Å². The fourth-order valence-corrected chi connectivity index (χ4v) is 4.06. The molecule has 0 bridgehead atoms. The van der Waals surface area contributed by atoms with Crippen LogP contribution < -0.4 is 10.6 Å². The van der Waals surface area contributed by atoms with Crippen LogP contribution in [0.5, 0.6) is 0 Å². The molecule has 3 heteroatoms. The molecule has 4 rings (SSSR count). The number of amides is 1. The van der Waals surface area contributed by atoms with Gasteiger partial charge in [-0.1, -0.05) is 84.9 Å². The van der Waals surface area contributed by atoms with E-state index in [2.05, 4.69) is 59.2 Å². The summed E-state index contributed by atoms with van der Waals surface area (Å²) in [5.74, 6) is 0.0403. The first-order valence-electron chi connectivity index (χ1n) is 10.0. The average molecular weight is 370 g/mol. The monoisotopic (exact) mass is 370 g/mol. The van der Waals surface area contributed by atoms with Gasteiger partial charge >= 0.3 is 0 Å². The highest BCUT2D eigenvalue weighted by Crippen LogP contribution is 2.29. The molecular formula is C25H26N2O. The Morgan fingerprint density at radius 2 is 1.46 bits per heavy atom. The minimum atomic E-state index is -0.00760. The standard InChI is InChI=1S/C25H26N2O/c28-24(27-23-17-9-15-19-10-7-8-16-22(19)23)18-26-25(20-11-3-1-4-12-20)21-13-5-2-6-14-21/h1-8,10-14,16,23,25-26H,9,15,17-18H2,(H,27,28)/t23-/m1/s1. The largest absolute Gasteiger partial charge is 0.348 e. The summed E-state index contributed by atoms with van der Waals surface area (Å²) < 4.78 is 0. The summed E-state index contributed by atoms with van der Waals surface area (Å²) in [5.41, 5.74) is 4.94. The molecule has 1 atom stereocenters. The summed E-state index contributed by atoms with van der Waals surface area (Å²) in [4.78, 5) is 12.7. The Kier molecular flexibility index (Phi) is 5.83. The Morgan fingerprint density at radius 1 is 0.857 bits per heavy atom. The predicted octanol–water partition coefficient (Wildman–Crippen LogP) is 4.56. The third-order valence-electron chi connectivity index (χ3n) is 5.44. The molecule has 0 saturated heterocycles. The number of carbonyl (C=O) groups is 1. The van der Waals surface area contributed by atoms with Crippen LogP contribution >= 0.6 is 0 Å². The molecule has 0 aromatic heterocycles. The molecule has 1 amide bonds. The molecule has 1 aliphatic rings. The van der Waals surface area contributed by atoms with Gasteiger partial charge in [-0.3, -0.25) is 10.1 Å². The summed E-state index contributed by atoms with van der Waals surface area (Å²) in [6, 6.07) is 29.1. The normalized spacial score (nSPS) is 15.8. The van der Waals surface area contributed by atoms with E-state index in [4.69, 9.17) is 0 Å². The van der Waals surface area contributed by atoms with Crippen LogP contribution in [0.2, 0.25) is 0 Å². The maximum absolute atomic E-state index is 12.7. The molecule has 28 heavy (non-hydrogen) atoms. The van der Waals surface area contributed by atoms with Gasteiger partial charge in [0.05, 0.1) is 18.6 Å². The van der Waals surface area contributed by atoms with E-state index >= 15 is 0 Å². The number of hydrogen-bond donors (Lipinski definition) is 2. The van der Waals surface area contributed by atoms with Crippen LogP contribution in [0, 0.1) is 0 Å². The zero-order chi connectivity index (χ0) is 19.2. The lowest BCUT2D eigenvalue weighted by atomic mass is 9.88. The molecule has 142 valence electrons. The Hall–Kier alpha value is -2.91. The smallest absolute Gasteiger partial charge is 0.234 e. The van der Waals surface area contributed by atoms with Gasteiger partial charge in [0.15, 0.2) is 0 Å². The second-order valence-corrected chi connectivity index (χ2v) is 7.35. The zero-order valence-electron chi connectivity index (χ0n) is 16.0.